The summed E-state index contributed by atoms with van der Waals surface area (Å²) in [5.74, 6) is 0.638. The van der Waals surface area contributed by atoms with Gasteiger partial charge in [-0.2, -0.15) is 0 Å². The van der Waals surface area contributed by atoms with Crippen LogP contribution in [0.15, 0.2) is 0 Å². The van der Waals surface area contributed by atoms with Crippen molar-refractivity contribution in [1.29, 1.82) is 0 Å². The predicted octanol–water partition coefficient (Wildman–Crippen LogP) is 1.24. The Morgan fingerprint density at radius 3 is 2.58 bits per heavy atom. The molecular formula is C15H30N2O2. The Morgan fingerprint density at radius 2 is 2.11 bits per heavy atom. The molecule has 0 aromatic heterocycles. The molecule has 112 valence electrons. The zero-order valence-electron chi connectivity index (χ0n) is 12.9. The average Bonchev–Trinajstić information content (AvgIpc) is 3.09. The maximum atomic E-state index is 9.92. The van der Waals surface area contributed by atoms with E-state index in [1.807, 2.05) is 0 Å². The molecule has 4 nitrogen and oxygen atoms in total. The summed E-state index contributed by atoms with van der Waals surface area (Å²) in [5, 5.41) is 13.5. The summed E-state index contributed by atoms with van der Waals surface area (Å²) in [4.78, 5) is 2.46. The maximum Gasteiger partial charge on any atom is 0.0757 e. The third-order valence-corrected chi connectivity index (χ3v) is 4.32. The standard InChI is InChI=1S/C15H30N2O2/c1-5-16-15(11-18,13-6-7-13)10-17-8-12(2)19-14(3,4)9-17/h12-13,16,18H,5-11H2,1-4H3. The van der Waals surface area contributed by atoms with E-state index in [-0.39, 0.29) is 23.9 Å². The topological polar surface area (TPSA) is 44.7 Å². The van der Waals surface area contributed by atoms with E-state index in [0.717, 1.165) is 26.2 Å². The first-order valence-electron chi connectivity index (χ1n) is 7.67. The molecule has 2 rings (SSSR count). The minimum Gasteiger partial charge on any atom is -0.394 e. The van der Waals surface area contributed by atoms with Gasteiger partial charge in [0, 0.05) is 19.6 Å². The zero-order valence-corrected chi connectivity index (χ0v) is 12.9. The highest BCUT2D eigenvalue weighted by molar-refractivity contribution is 5.03. The van der Waals surface area contributed by atoms with Crippen LogP contribution in [-0.2, 0) is 4.74 Å². The number of nitrogens with one attached hydrogen (secondary N) is 1. The number of rotatable bonds is 6. The molecule has 0 amide bonds. The van der Waals surface area contributed by atoms with Gasteiger partial charge in [0.1, 0.15) is 0 Å². The fourth-order valence-corrected chi connectivity index (χ4v) is 3.66. The lowest BCUT2D eigenvalue weighted by Crippen LogP contribution is -2.62. The fraction of sp³-hybridized carbons (Fsp3) is 1.00. The fourth-order valence-electron chi connectivity index (χ4n) is 3.66. The molecule has 1 aliphatic heterocycles. The molecule has 1 saturated heterocycles. The third kappa shape index (κ3) is 3.69. The van der Waals surface area contributed by atoms with Crippen LogP contribution in [0.4, 0.5) is 0 Å². The Hall–Kier alpha value is -0.160. The Labute approximate surface area is 117 Å². The van der Waals surface area contributed by atoms with Gasteiger partial charge in [0.25, 0.3) is 0 Å². The SMILES string of the molecule is CCNC(CO)(CN1CC(C)OC(C)(C)C1)C1CC1. The van der Waals surface area contributed by atoms with E-state index < -0.39 is 0 Å². The normalized spacial score (nSPS) is 31.1. The van der Waals surface area contributed by atoms with Crippen molar-refractivity contribution in [3.05, 3.63) is 0 Å². The lowest BCUT2D eigenvalue weighted by Gasteiger charge is -2.46. The van der Waals surface area contributed by atoms with E-state index in [9.17, 15) is 5.11 Å². The number of hydrogen-bond donors (Lipinski definition) is 2. The first-order chi connectivity index (χ1) is 8.91. The molecule has 0 bridgehead atoms. The lowest BCUT2D eigenvalue weighted by atomic mass is 9.91. The Bertz CT molecular complexity index is 305. The summed E-state index contributed by atoms with van der Waals surface area (Å²) in [6.45, 7) is 12.6. The van der Waals surface area contributed by atoms with Gasteiger partial charge in [0.2, 0.25) is 0 Å². The van der Waals surface area contributed by atoms with Crippen LogP contribution < -0.4 is 5.32 Å². The number of morpholine rings is 1. The summed E-state index contributed by atoms with van der Waals surface area (Å²) in [5.41, 5.74) is -0.198. The van der Waals surface area contributed by atoms with Crippen molar-refractivity contribution < 1.29 is 9.84 Å². The van der Waals surface area contributed by atoms with E-state index in [1.165, 1.54) is 12.8 Å². The van der Waals surface area contributed by atoms with Crippen LogP contribution >= 0.6 is 0 Å². The van der Waals surface area contributed by atoms with Crippen molar-refractivity contribution in [3.63, 3.8) is 0 Å². The Balaban J connectivity index is 2.04. The molecule has 0 aromatic carbocycles. The number of ether oxygens (including phenoxy) is 1. The quantitative estimate of drug-likeness (QED) is 0.762. The molecule has 4 heteroatoms. The Morgan fingerprint density at radius 1 is 1.42 bits per heavy atom. The molecule has 2 fully saturated rings. The summed E-state index contributed by atoms with van der Waals surface area (Å²) < 4.78 is 5.96. The van der Waals surface area contributed by atoms with Gasteiger partial charge in [-0.3, -0.25) is 4.90 Å². The van der Waals surface area contributed by atoms with Crippen LogP contribution in [-0.4, -0.2) is 60.0 Å². The average molecular weight is 270 g/mol. The molecule has 2 aliphatic rings. The van der Waals surface area contributed by atoms with Crippen molar-refractivity contribution in [2.75, 3.05) is 32.8 Å². The first-order valence-corrected chi connectivity index (χ1v) is 7.67. The van der Waals surface area contributed by atoms with E-state index in [1.54, 1.807) is 0 Å². The smallest absolute Gasteiger partial charge is 0.0757 e. The molecule has 2 N–H and O–H groups in total. The second kappa shape index (κ2) is 5.68. The molecule has 1 aliphatic carbocycles. The van der Waals surface area contributed by atoms with Gasteiger partial charge in [-0.15, -0.1) is 0 Å². The van der Waals surface area contributed by atoms with Crippen LogP contribution in [0.2, 0.25) is 0 Å². The summed E-state index contributed by atoms with van der Waals surface area (Å²) >= 11 is 0. The van der Waals surface area contributed by atoms with Gasteiger partial charge in [-0.05, 0) is 46.1 Å². The van der Waals surface area contributed by atoms with Crippen molar-refractivity contribution in [1.82, 2.24) is 10.2 Å². The molecule has 19 heavy (non-hydrogen) atoms. The molecule has 2 atom stereocenters. The largest absolute Gasteiger partial charge is 0.394 e. The van der Waals surface area contributed by atoms with Crippen LogP contribution in [0.25, 0.3) is 0 Å². The van der Waals surface area contributed by atoms with Crippen molar-refractivity contribution in [2.45, 2.75) is 57.8 Å². The zero-order chi connectivity index (χ0) is 14.1. The number of hydrogen-bond acceptors (Lipinski definition) is 4. The van der Waals surface area contributed by atoms with Crippen LogP contribution in [0.5, 0.6) is 0 Å². The van der Waals surface area contributed by atoms with Crippen LogP contribution in [0.1, 0.15) is 40.5 Å². The number of aliphatic hydroxyl groups excluding tert-OH is 1. The minimum atomic E-state index is -0.109. The minimum absolute atomic E-state index is 0.0887. The Kier molecular flexibility index (Phi) is 4.56. The van der Waals surface area contributed by atoms with Gasteiger partial charge in [-0.1, -0.05) is 6.92 Å². The molecule has 0 spiro atoms. The van der Waals surface area contributed by atoms with Gasteiger partial charge in [0.15, 0.2) is 0 Å². The number of aliphatic hydroxyl groups is 1. The molecule has 2 unspecified atom stereocenters. The lowest BCUT2D eigenvalue weighted by molar-refractivity contribution is -0.134. The summed E-state index contributed by atoms with van der Waals surface area (Å²) in [6, 6.07) is 0. The number of nitrogens with zero attached hydrogens (tertiary/aromatic N) is 1. The van der Waals surface area contributed by atoms with E-state index in [2.05, 4.69) is 37.9 Å². The van der Waals surface area contributed by atoms with E-state index in [0.29, 0.717) is 5.92 Å². The molecule has 1 heterocycles. The third-order valence-electron chi connectivity index (χ3n) is 4.32. The predicted molar refractivity (Wildman–Crippen MR) is 77.3 cm³/mol. The molecular weight excluding hydrogens is 240 g/mol. The van der Waals surface area contributed by atoms with Gasteiger partial charge in [0.05, 0.1) is 23.9 Å². The maximum absolute atomic E-state index is 9.92. The number of likely N-dealkylation sites (N-methyl/N-ethyl adjacent to an activating group) is 1. The first kappa shape index (κ1) is 15.2. The molecule has 0 aromatic rings. The van der Waals surface area contributed by atoms with Gasteiger partial charge >= 0.3 is 0 Å². The van der Waals surface area contributed by atoms with Gasteiger partial charge < -0.3 is 15.2 Å². The summed E-state index contributed by atoms with van der Waals surface area (Å²) in [6.07, 6.45) is 2.76. The highest BCUT2D eigenvalue weighted by Crippen LogP contribution is 2.40. The highest BCUT2D eigenvalue weighted by Gasteiger charge is 2.46. The van der Waals surface area contributed by atoms with E-state index in [4.69, 9.17) is 4.74 Å². The van der Waals surface area contributed by atoms with Crippen molar-refractivity contribution in [2.24, 2.45) is 5.92 Å². The second-order valence-electron chi connectivity index (χ2n) is 6.98. The van der Waals surface area contributed by atoms with Crippen molar-refractivity contribution in [3.8, 4) is 0 Å². The van der Waals surface area contributed by atoms with Gasteiger partial charge in [-0.25, -0.2) is 0 Å². The molecule has 0 radical (unpaired) electrons. The van der Waals surface area contributed by atoms with Crippen LogP contribution in [0.3, 0.4) is 0 Å². The summed E-state index contributed by atoms with van der Waals surface area (Å²) in [7, 11) is 0. The second-order valence-corrected chi connectivity index (χ2v) is 6.98. The highest BCUT2D eigenvalue weighted by atomic mass is 16.5. The monoisotopic (exact) mass is 270 g/mol. The molecule has 1 saturated carbocycles. The van der Waals surface area contributed by atoms with Crippen molar-refractivity contribution >= 4 is 0 Å². The van der Waals surface area contributed by atoms with Crippen LogP contribution in [0, 0.1) is 5.92 Å². The van der Waals surface area contributed by atoms with E-state index >= 15 is 0 Å².